The van der Waals surface area contributed by atoms with Crippen molar-refractivity contribution < 1.29 is 28.7 Å². The number of amides is 2. The molecule has 1 fully saturated rings. The maximum absolute atomic E-state index is 14.2. The number of fused-ring (bicyclic) bond motifs is 1. The van der Waals surface area contributed by atoms with E-state index in [2.05, 4.69) is 0 Å². The van der Waals surface area contributed by atoms with Crippen LogP contribution in [0.3, 0.4) is 0 Å². The fourth-order valence-electron chi connectivity index (χ4n) is 4.40. The minimum atomic E-state index is -1.64. The van der Waals surface area contributed by atoms with E-state index < -0.39 is 27.6 Å². The van der Waals surface area contributed by atoms with Crippen LogP contribution >= 0.6 is 23.5 Å². The SMILES string of the molecule is CC[C@H](c1ccc2c(c1)OCO2)N1C(=O)[C@](C)(SC(C)=O)N(C)C(=O)[C@]1(CCC#N)SC(C)=O. The zero-order valence-corrected chi connectivity index (χ0v) is 21.4. The molecular weight excluding hydrogens is 478 g/mol. The Kier molecular flexibility index (Phi) is 7.53. The first-order valence-corrected chi connectivity index (χ1v) is 12.4. The molecule has 0 bridgehead atoms. The predicted molar refractivity (Wildman–Crippen MR) is 128 cm³/mol. The van der Waals surface area contributed by atoms with E-state index in [-0.39, 0.29) is 29.9 Å². The molecule has 1 saturated heterocycles. The number of piperazine rings is 1. The van der Waals surface area contributed by atoms with Gasteiger partial charge in [0.25, 0.3) is 11.8 Å². The number of hydrogen-bond donors (Lipinski definition) is 0. The van der Waals surface area contributed by atoms with Gasteiger partial charge in [-0.2, -0.15) is 5.26 Å². The van der Waals surface area contributed by atoms with Gasteiger partial charge in [-0.15, -0.1) is 0 Å². The highest BCUT2D eigenvalue weighted by Gasteiger charge is 2.63. The number of nitriles is 1. The minimum absolute atomic E-state index is 0.0372. The standard InChI is InChI=1S/C23H27N3O6S2/c1-6-17(16-8-9-18-19(12-16)32-13-31-18)26-20(29)22(4,33-14(2)27)25(5)21(30)23(26,10-7-11-24)34-15(3)28/h8-9,12,17H,6-7,10,13H2,1-5H3/t17-,22+,23+/m1/s1. The molecule has 2 aliphatic heterocycles. The van der Waals surface area contributed by atoms with Gasteiger partial charge < -0.3 is 19.3 Å². The molecule has 0 unspecified atom stereocenters. The number of rotatable bonds is 7. The lowest BCUT2D eigenvalue weighted by Gasteiger charge is -2.56. The maximum Gasteiger partial charge on any atom is 0.261 e. The van der Waals surface area contributed by atoms with Crippen molar-refractivity contribution in [3.8, 4) is 17.6 Å². The minimum Gasteiger partial charge on any atom is -0.454 e. The second-order valence-electron chi connectivity index (χ2n) is 8.19. The van der Waals surface area contributed by atoms with Crippen LogP contribution in [-0.2, 0) is 19.2 Å². The van der Waals surface area contributed by atoms with E-state index in [1.54, 1.807) is 18.2 Å². The number of thioether (sulfide) groups is 2. The Bertz CT molecular complexity index is 1070. The summed E-state index contributed by atoms with van der Waals surface area (Å²) >= 11 is 1.50. The number of benzene rings is 1. The number of carbonyl (C=O) groups excluding carboxylic acids is 4. The third-order valence-electron chi connectivity index (χ3n) is 5.99. The summed E-state index contributed by atoms with van der Waals surface area (Å²) in [4.78, 5) is 52.2. The van der Waals surface area contributed by atoms with Crippen molar-refractivity contribution >= 4 is 45.6 Å². The van der Waals surface area contributed by atoms with Gasteiger partial charge in [-0.1, -0.05) is 24.8 Å². The fourth-order valence-corrected chi connectivity index (χ4v) is 6.57. The van der Waals surface area contributed by atoms with Crippen LogP contribution in [0.1, 0.15) is 58.6 Å². The number of ether oxygens (including phenoxy) is 2. The Labute approximate surface area is 207 Å². The van der Waals surface area contributed by atoms with E-state index in [0.717, 1.165) is 23.5 Å². The van der Waals surface area contributed by atoms with E-state index in [9.17, 15) is 24.4 Å². The van der Waals surface area contributed by atoms with Crippen molar-refractivity contribution in [2.45, 2.75) is 62.7 Å². The zero-order valence-electron chi connectivity index (χ0n) is 19.7. The zero-order chi connectivity index (χ0) is 25.3. The Morgan fingerprint density at radius 3 is 2.38 bits per heavy atom. The summed E-state index contributed by atoms with van der Waals surface area (Å²) in [5.74, 6) is 0.112. The summed E-state index contributed by atoms with van der Waals surface area (Å²) in [6, 6.07) is 6.70. The van der Waals surface area contributed by atoms with Crippen molar-refractivity contribution in [3.05, 3.63) is 23.8 Å². The molecule has 1 aromatic rings. The first kappa shape index (κ1) is 25.9. The van der Waals surface area contributed by atoms with Crippen molar-refractivity contribution in [2.75, 3.05) is 13.8 Å². The molecular formula is C23H27N3O6S2. The highest BCUT2D eigenvalue weighted by molar-refractivity contribution is 8.16. The Balaban J connectivity index is 2.24. The topological polar surface area (TPSA) is 117 Å². The Hall–Kier alpha value is -2.71. The van der Waals surface area contributed by atoms with E-state index >= 15 is 0 Å². The van der Waals surface area contributed by atoms with E-state index in [0.29, 0.717) is 23.5 Å². The van der Waals surface area contributed by atoms with E-state index in [4.69, 9.17) is 9.47 Å². The molecule has 182 valence electrons. The number of hydrogen-bond acceptors (Lipinski definition) is 9. The lowest BCUT2D eigenvalue weighted by Crippen LogP contribution is -2.73. The monoisotopic (exact) mass is 505 g/mol. The summed E-state index contributed by atoms with van der Waals surface area (Å²) in [7, 11) is 1.46. The van der Waals surface area contributed by atoms with Gasteiger partial charge in [-0.05, 0) is 42.8 Å². The van der Waals surface area contributed by atoms with Crippen LogP contribution in [0, 0.1) is 11.3 Å². The first-order valence-electron chi connectivity index (χ1n) is 10.8. The van der Waals surface area contributed by atoms with Gasteiger partial charge in [0.2, 0.25) is 6.79 Å². The number of carbonyl (C=O) groups is 4. The molecule has 3 atom stereocenters. The Morgan fingerprint density at radius 2 is 1.79 bits per heavy atom. The van der Waals surface area contributed by atoms with Crippen LogP contribution in [0.2, 0.25) is 0 Å². The summed E-state index contributed by atoms with van der Waals surface area (Å²) in [5, 5.41) is 8.65. The normalized spacial score (nSPS) is 24.7. The van der Waals surface area contributed by atoms with Crippen molar-refractivity contribution in [1.82, 2.24) is 9.80 Å². The van der Waals surface area contributed by atoms with Gasteiger partial charge >= 0.3 is 0 Å². The summed E-state index contributed by atoms with van der Waals surface area (Å²) in [6.07, 6.45) is 0.332. The maximum atomic E-state index is 14.2. The highest BCUT2D eigenvalue weighted by Crippen LogP contribution is 2.51. The summed E-state index contributed by atoms with van der Waals surface area (Å²) < 4.78 is 10.9. The molecule has 0 radical (unpaired) electrons. The van der Waals surface area contributed by atoms with Gasteiger partial charge in [0, 0.05) is 33.7 Å². The summed E-state index contributed by atoms with van der Waals surface area (Å²) in [6.45, 7) is 6.15. The van der Waals surface area contributed by atoms with Crippen LogP contribution in [-0.4, -0.2) is 55.4 Å². The van der Waals surface area contributed by atoms with Crippen LogP contribution in [0.4, 0.5) is 0 Å². The molecule has 9 nitrogen and oxygen atoms in total. The molecule has 0 N–H and O–H groups in total. The van der Waals surface area contributed by atoms with Crippen molar-refractivity contribution in [1.29, 1.82) is 5.26 Å². The molecule has 3 rings (SSSR count). The number of likely N-dealkylation sites (N-methyl/N-ethyl adjacent to an activating group) is 1. The van der Waals surface area contributed by atoms with Crippen LogP contribution in [0.15, 0.2) is 18.2 Å². The molecule has 1 aromatic carbocycles. The average Bonchev–Trinajstić information content (AvgIpc) is 3.25. The smallest absolute Gasteiger partial charge is 0.261 e. The largest absolute Gasteiger partial charge is 0.454 e. The van der Waals surface area contributed by atoms with Gasteiger partial charge in [0.15, 0.2) is 31.5 Å². The van der Waals surface area contributed by atoms with Gasteiger partial charge in [0.05, 0.1) is 12.1 Å². The molecule has 34 heavy (non-hydrogen) atoms. The molecule has 2 heterocycles. The molecule has 0 spiro atoms. The van der Waals surface area contributed by atoms with Crippen molar-refractivity contribution in [3.63, 3.8) is 0 Å². The lowest BCUT2D eigenvalue weighted by molar-refractivity contribution is -0.168. The molecule has 2 amide bonds. The van der Waals surface area contributed by atoms with Gasteiger partial charge in [-0.3, -0.25) is 19.2 Å². The molecule has 0 aliphatic carbocycles. The fraction of sp³-hybridized carbons (Fsp3) is 0.522. The van der Waals surface area contributed by atoms with Gasteiger partial charge in [-0.25, -0.2) is 0 Å². The first-order chi connectivity index (χ1) is 16.0. The van der Waals surface area contributed by atoms with Crippen LogP contribution < -0.4 is 9.47 Å². The predicted octanol–water partition coefficient (Wildman–Crippen LogP) is 3.44. The molecule has 0 aromatic heterocycles. The third-order valence-corrected chi connectivity index (χ3v) is 8.33. The second kappa shape index (κ2) is 9.88. The van der Waals surface area contributed by atoms with E-state index in [1.165, 1.54) is 37.6 Å². The molecule has 0 saturated carbocycles. The van der Waals surface area contributed by atoms with Crippen LogP contribution in [0.5, 0.6) is 11.5 Å². The highest BCUT2D eigenvalue weighted by atomic mass is 32.2. The van der Waals surface area contributed by atoms with Crippen molar-refractivity contribution in [2.24, 2.45) is 0 Å². The average molecular weight is 506 g/mol. The second-order valence-corrected chi connectivity index (χ2v) is 11.2. The van der Waals surface area contributed by atoms with E-state index in [1.807, 2.05) is 13.0 Å². The number of nitrogens with zero attached hydrogens (tertiary/aromatic N) is 3. The third kappa shape index (κ3) is 4.36. The van der Waals surface area contributed by atoms with Gasteiger partial charge in [0.1, 0.15) is 0 Å². The van der Waals surface area contributed by atoms with Crippen LogP contribution in [0.25, 0.3) is 0 Å². The Morgan fingerprint density at radius 1 is 1.15 bits per heavy atom. The molecule has 11 heteroatoms. The molecule has 2 aliphatic rings. The summed E-state index contributed by atoms with van der Waals surface area (Å²) in [5.41, 5.74) is 0.693. The lowest BCUT2D eigenvalue weighted by atomic mass is 9.93. The quantitative estimate of drug-likeness (QED) is 0.549.